The largest absolute Gasteiger partial charge is 0.506 e. The highest BCUT2D eigenvalue weighted by Crippen LogP contribution is 2.43. The molecule has 4 nitrogen and oxygen atoms in total. The van der Waals surface area contributed by atoms with Crippen LogP contribution in [0, 0.1) is 0 Å². The zero-order valence-corrected chi connectivity index (χ0v) is 11.9. The maximum absolute atomic E-state index is 13.5. The smallest absolute Gasteiger partial charge is 0.320 e. The van der Waals surface area contributed by atoms with Crippen molar-refractivity contribution in [1.82, 2.24) is 14.5 Å². The van der Waals surface area contributed by atoms with Crippen molar-refractivity contribution in [3.63, 3.8) is 0 Å². The van der Waals surface area contributed by atoms with E-state index in [2.05, 4.69) is 9.97 Å². The molecule has 0 amide bonds. The van der Waals surface area contributed by atoms with Crippen molar-refractivity contribution in [3.05, 3.63) is 42.6 Å². The number of pyridine rings is 1. The molecule has 3 aromatic heterocycles. The van der Waals surface area contributed by atoms with Crippen molar-refractivity contribution >= 4 is 32.6 Å². The van der Waals surface area contributed by atoms with Crippen LogP contribution in [-0.4, -0.2) is 19.6 Å². The Labute approximate surface area is 127 Å². The number of para-hydroxylation sites is 2. The number of halogens is 2. The van der Waals surface area contributed by atoms with E-state index in [0.717, 1.165) is 15.9 Å². The molecule has 0 atom stereocenters. The number of aromatic hydroxyl groups is 1. The van der Waals surface area contributed by atoms with E-state index in [1.165, 1.54) is 0 Å². The first-order chi connectivity index (χ1) is 10.7. The molecule has 110 valence electrons. The first-order valence-corrected chi connectivity index (χ1v) is 7.30. The number of benzene rings is 1. The molecule has 1 N–H and O–H groups in total. The minimum absolute atomic E-state index is 0.0525. The van der Waals surface area contributed by atoms with E-state index in [4.69, 9.17) is 0 Å². The van der Waals surface area contributed by atoms with Gasteiger partial charge in [0.25, 0.3) is 0 Å². The van der Waals surface area contributed by atoms with Gasteiger partial charge in [-0.05, 0) is 24.3 Å². The fourth-order valence-corrected chi connectivity index (χ4v) is 3.50. The van der Waals surface area contributed by atoms with E-state index in [1.807, 2.05) is 0 Å². The second kappa shape index (κ2) is 4.74. The predicted octanol–water partition coefficient (Wildman–Crippen LogP) is 4.41. The SMILES string of the molecule is Oc1c(-c2nc3ccccc3n2C(F)F)sc2ncccc12. The van der Waals surface area contributed by atoms with Gasteiger partial charge in [-0.15, -0.1) is 11.3 Å². The van der Waals surface area contributed by atoms with Crippen molar-refractivity contribution in [1.29, 1.82) is 0 Å². The first-order valence-electron chi connectivity index (χ1n) is 6.49. The molecule has 0 saturated heterocycles. The molecule has 0 aliphatic carbocycles. The summed E-state index contributed by atoms with van der Waals surface area (Å²) in [7, 11) is 0. The van der Waals surface area contributed by atoms with Gasteiger partial charge in [0.1, 0.15) is 15.5 Å². The Balaban J connectivity index is 2.08. The van der Waals surface area contributed by atoms with Gasteiger partial charge in [-0.1, -0.05) is 12.1 Å². The van der Waals surface area contributed by atoms with Crippen LogP contribution in [0.3, 0.4) is 0 Å². The van der Waals surface area contributed by atoms with Gasteiger partial charge >= 0.3 is 6.55 Å². The first kappa shape index (κ1) is 13.1. The lowest BCUT2D eigenvalue weighted by Crippen LogP contribution is -1.99. The van der Waals surface area contributed by atoms with E-state index in [1.54, 1.807) is 42.6 Å². The molecule has 0 radical (unpaired) electrons. The number of hydrogen-bond donors (Lipinski definition) is 1. The van der Waals surface area contributed by atoms with Crippen LogP contribution in [0.15, 0.2) is 42.6 Å². The van der Waals surface area contributed by atoms with Crippen molar-refractivity contribution < 1.29 is 13.9 Å². The van der Waals surface area contributed by atoms with E-state index >= 15 is 0 Å². The second-order valence-electron chi connectivity index (χ2n) is 4.71. The molecule has 0 bridgehead atoms. The number of fused-ring (bicyclic) bond motifs is 2. The molecule has 7 heteroatoms. The highest BCUT2D eigenvalue weighted by atomic mass is 32.1. The van der Waals surface area contributed by atoms with Crippen LogP contribution in [0.25, 0.3) is 32.0 Å². The van der Waals surface area contributed by atoms with Gasteiger partial charge in [0.05, 0.1) is 16.4 Å². The second-order valence-corrected chi connectivity index (χ2v) is 5.71. The molecule has 0 saturated carbocycles. The summed E-state index contributed by atoms with van der Waals surface area (Å²) in [5.41, 5.74) is 0.792. The van der Waals surface area contributed by atoms with Gasteiger partial charge in [-0.2, -0.15) is 8.78 Å². The summed E-state index contributed by atoms with van der Waals surface area (Å²) in [5, 5.41) is 10.9. The van der Waals surface area contributed by atoms with Crippen LogP contribution in [-0.2, 0) is 0 Å². The van der Waals surface area contributed by atoms with Crippen LogP contribution in [0.2, 0.25) is 0 Å². The maximum Gasteiger partial charge on any atom is 0.320 e. The third-order valence-corrected chi connectivity index (χ3v) is 4.53. The Morgan fingerprint density at radius 3 is 2.73 bits per heavy atom. The summed E-state index contributed by atoms with van der Waals surface area (Å²) in [6.45, 7) is -2.75. The Bertz CT molecular complexity index is 993. The van der Waals surface area contributed by atoms with Gasteiger partial charge in [-0.25, -0.2) is 9.97 Å². The summed E-state index contributed by atoms with van der Waals surface area (Å²) in [6, 6.07) is 10.1. The highest BCUT2D eigenvalue weighted by molar-refractivity contribution is 7.22. The van der Waals surface area contributed by atoms with E-state index in [0.29, 0.717) is 26.1 Å². The lowest BCUT2D eigenvalue weighted by molar-refractivity contribution is 0.0764. The normalized spacial score (nSPS) is 11.8. The van der Waals surface area contributed by atoms with Crippen molar-refractivity contribution in [2.75, 3.05) is 0 Å². The lowest BCUT2D eigenvalue weighted by atomic mass is 10.3. The summed E-state index contributed by atoms with van der Waals surface area (Å²) < 4.78 is 27.8. The molecule has 1 aromatic carbocycles. The number of alkyl halides is 2. The molecule has 0 aliphatic rings. The average Bonchev–Trinajstić information content (AvgIpc) is 3.06. The molecular weight excluding hydrogens is 308 g/mol. The number of imidazole rings is 1. The maximum atomic E-state index is 13.5. The average molecular weight is 317 g/mol. The van der Waals surface area contributed by atoms with Crippen LogP contribution in [0.5, 0.6) is 5.75 Å². The fourth-order valence-electron chi connectivity index (χ4n) is 2.47. The number of hydrogen-bond acceptors (Lipinski definition) is 4. The lowest BCUT2D eigenvalue weighted by Gasteiger charge is -2.06. The number of aromatic nitrogens is 3. The fraction of sp³-hybridized carbons (Fsp3) is 0.0667. The van der Waals surface area contributed by atoms with Crippen LogP contribution in [0.4, 0.5) is 8.78 Å². The third kappa shape index (κ3) is 1.79. The Morgan fingerprint density at radius 1 is 1.14 bits per heavy atom. The minimum atomic E-state index is -2.75. The van der Waals surface area contributed by atoms with Gasteiger partial charge in [0, 0.05) is 6.20 Å². The summed E-state index contributed by atoms with van der Waals surface area (Å²) >= 11 is 1.15. The molecule has 0 aliphatic heterocycles. The summed E-state index contributed by atoms with van der Waals surface area (Å²) in [5.74, 6) is -0.0120. The highest BCUT2D eigenvalue weighted by Gasteiger charge is 2.24. The molecule has 0 spiro atoms. The van der Waals surface area contributed by atoms with Crippen LogP contribution >= 0.6 is 11.3 Å². The van der Waals surface area contributed by atoms with E-state index in [-0.39, 0.29) is 11.6 Å². The molecule has 3 heterocycles. The molecular formula is C15H9F2N3OS. The summed E-state index contributed by atoms with van der Waals surface area (Å²) in [4.78, 5) is 9.30. The van der Waals surface area contributed by atoms with E-state index < -0.39 is 6.55 Å². The molecule has 4 rings (SSSR count). The van der Waals surface area contributed by atoms with Gasteiger partial charge < -0.3 is 5.11 Å². The van der Waals surface area contributed by atoms with Crippen molar-refractivity contribution in [3.8, 4) is 16.5 Å². The van der Waals surface area contributed by atoms with Crippen molar-refractivity contribution in [2.24, 2.45) is 0 Å². The Hall–Kier alpha value is -2.54. The van der Waals surface area contributed by atoms with Gasteiger partial charge in [0.15, 0.2) is 5.82 Å². The molecule has 4 aromatic rings. The van der Waals surface area contributed by atoms with Crippen LogP contribution < -0.4 is 0 Å². The zero-order chi connectivity index (χ0) is 15.3. The quantitative estimate of drug-likeness (QED) is 0.595. The van der Waals surface area contributed by atoms with Gasteiger partial charge in [0.2, 0.25) is 0 Å². The third-order valence-electron chi connectivity index (χ3n) is 3.43. The Kier molecular flexibility index (Phi) is 2.83. The van der Waals surface area contributed by atoms with Crippen molar-refractivity contribution in [2.45, 2.75) is 6.55 Å². The van der Waals surface area contributed by atoms with Crippen LogP contribution in [0.1, 0.15) is 6.55 Å². The topological polar surface area (TPSA) is 50.9 Å². The van der Waals surface area contributed by atoms with Gasteiger partial charge in [-0.3, -0.25) is 4.57 Å². The Morgan fingerprint density at radius 2 is 1.95 bits per heavy atom. The number of thiophene rings is 1. The molecule has 0 fully saturated rings. The monoisotopic (exact) mass is 317 g/mol. The molecule has 22 heavy (non-hydrogen) atoms. The zero-order valence-electron chi connectivity index (χ0n) is 11.1. The molecule has 0 unspecified atom stereocenters. The predicted molar refractivity (Wildman–Crippen MR) is 81.3 cm³/mol. The number of nitrogens with zero attached hydrogens (tertiary/aromatic N) is 3. The summed E-state index contributed by atoms with van der Waals surface area (Å²) in [6.07, 6.45) is 1.60. The minimum Gasteiger partial charge on any atom is -0.506 e. The standard InChI is InChI=1S/C15H9F2N3OS/c16-15(17)20-10-6-2-1-5-9(10)19-13(20)12-11(21)8-4-3-7-18-14(8)22-12/h1-7,15,21H. The van der Waals surface area contributed by atoms with E-state index in [9.17, 15) is 13.9 Å². The number of rotatable bonds is 2.